The molecule has 1 aromatic carbocycles. The van der Waals surface area contributed by atoms with Crippen LogP contribution >= 0.6 is 11.3 Å². The second-order valence-electron chi connectivity index (χ2n) is 8.04. The zero-order valence-electron chi connectivity index (χ0n) is 18.0. The first-order chi connectivity index (χ1) is 14.5. The van der Waals surface area contributed by atoms with Crippen LogP contribution in [0.5, 0.6) is 11.5 Å². The maximum absolute atomic E-state index is 12.3. The van der Waals surface area contributed by atoms with Crippen molar-refractivity contribution in [1.82, 2.24) is 10.2 Å². The number of ether oxygens (including phenoxy) is 2. The summed E-state index contributed by atoms with van der Waals surface area (Å²) < 4.78 is 11.2. The molecule has 0 bridgehead atoms. The van der Waals surface area contributed by atoms with Crippen LogP contribution in [0.1, 0.15) is 68.9 Å². The summed E-state index contributed by atoms with van der Waals surface area (Å²) in [6.07, 6.45) is 10.4. The highest BCUT2D eigenvalue weighted by Gasteiger charge is 2.20. The van der Waals surface area contributed by atoms with Gasteiger partial charge in [0.15, 0.2) is 11.5 Å². The van der Waals surface area contributed by atoms with Gasteiger partial charge in [0.2, 0.25) is 11.0 Å². The number of nitrogens with zero attached hydrogens (tertiary/aromatic N) is 2. The Kier molecular flexibility index (Phi) is 8.25. The van der Waals surface area contributed by atoms with E-state index in [1.54, 1.807) is 13.2 Å². The lowest BCUT2D eigenvalue weighted by atomic mass is 9.90. The monoisotopic (exact) mass is 429 g/mol. The molecule has 6 nitrogen and oxygen atoms in total. The van der Waals surface area contributed by atoms with E-state index in [4.69, 9.17) is 9.47 Å². The van der Waals surface area contributed by atoms with Crippen molar-refractivity contribution in [1.29, 1.82) is 0 Å². The Morgan fingerprint density at radius 3 is 2.77 bits per heavy atom. The minimum absolute atomic E-state index is 0.224. The number of nitrogens with one attached hydrogen (secondary N) is 1. The van der Waals surface area contributed by atoms with Gasteiger partial charge in [0.05, 0.1) is 13.7 Å². The van der Waals surface area contributed by atoms with Gasteiger partial charge in [0.25, 0.3) is 0 Å². The molecule has 0 aliphatic heterocycles. The maximum atomic E-state index is 12.3. The van der Waals surface area contributed by atoms with Crippen molar-refractivity contribution < 1.29 is 14.3 Å². The summed E-state index contributed by atoms with van der Waals surface area (Å²) in [5.41, 5.74) is 0.860. The van der Waals surface area contributed by atoms with Crippen LogP contribution in [0.25, 0.3) is 6.08 Å². The third-order valence-corrected chi connectivity index (χ3v) is 6.19. The molecule has 1 aromatic heterocycles. The lowest BCUT2D eigenvalue weighted by Crippen LogP contribution is -2.07. The van der Waals surface area contributed by atoms with E-state index in [0.717, 1.165) is 17.0 Å². The molecule has 3 rings (SSSR count). The number of methoxy groups -OCH3 is 1. The van der Waals surface area contributed by atoms with Crippen molar-refractivity contribution in [2.24, 2.45) is 5.92 Å². The van der Waals surface area contributed by atoms with E-state index in [1.165, 1.54) is 49.5 Å². The van der Waals surface area contributed by atoms with Crippen molar-refractivity contribution in [3.05, 3.63) is 34.8 Å². The normalized spacial score (nSPS) is 14.9. The molecular weight excluding hydrogens is 398 g/mol. The first kappa shape index (κ1) is 22.3. The van der Waals surface area contributed by atoms with Crippen LogP contribution in [-0.2, 0) is 4.79 Å². The molecule has 0 radical (unpaired) electrons. The summed E-state index contributed by atoms with van der Waals surface area (Å²) in [4.78, 5) is 12.3. The molecule has 1 amide bonds. The van der Waals surface area contributed by atoms with Crippen LogP contribution in [-0.4, -0.2) is 29.8 Å². The van der Waals surface area contributed by atoms with Gasteiger partial charge in [0.1, 0.15) is 5.01 Å². The van der Waals surface area contributed by atoms with Gasteiger partial charge in [-0.05, 0) is 49.0 Å². The molecule has 1 heterocycles. The lowest BCUT2D eigenvalue weighted by Gasteiger charge is -2.18. The number of hydrogen-bond donors (Lipinski definition) is 1. The molecule has 1 aliphatic rings. The fraction of sp³-hybridized carbons (Fsp3) is 0.522. The minimum Gasteiger partial charge on any atom is -0.493 e. The number of amides is 1. The van der Waals surface area contributed by atoms with Crippen LogP contribution in [0, 0.1) is 5.92 Å². The maximum Gasteiger partial charge on any atom is 0.250 e. The number of benzene rings is 1. The molecule has 2 aromatic rings. The third-order valence-electron chi connectivity index (χ3n) is 5.19. The molecule has 162 valence electrons. The van der Waals surface area contributed by atoms with E-state index < -0.39 is 0 Å². The first-order valence-corrected chi connectivity index (χ1v) is 11.5. The second-order valence-corrected chi connectivity index (χ2v) is 9.05. The van der Waals surface area contributed by atoms with E-state index in [9.17, 15) is 4.79 Å². The highest BCUT2D eigenvalue weighted by molar-refractivity contribution is 7.15. The fourth-order valence-electron chi connectivity index (χ4n) is 3.43. The molecular formula is C23H31N3O3S. The molecule has 0 atom stereocenters. The van der Waals surface area contributed by atoms with E-state index in [2.05, 4.69) is 29.4 Å². The molecule has 0 saturated heterocycles. The van der Waals surface area contributed by atoms with Crippen LogP contribution in [0.2, 0.25) is 0 Å². The zero-order chi connectivity index (χ0) is 21.3. The van der Waals surface area contributed by atoms with Gasteiger partial charge in [0, 0.05) is 12.0 Å². The SMILES string of the molecule is COc1cc(/C=C/C(=O)Nc2nnc(C3CCCCC3)s2)ccc1OCCC(C)C. The zero-order valence-corrected chi connectivity index (χ0v) is 18.8. The minimum atomic E-state index is -0.224. The summed E-state index contributed by atoms with van der Waals surface area (Å²) in [5.74, 6) is 2.22. The van der Waals surface area contributed by atoms with Crippen molar-refractivity contribution in [2.75, 3.05) is 19.0 Å². The number of carbonyl (C=O) groups excluding carboxylic acids is 1. The van der Waals surface area contributed by atoms with Crippen molar-refractivity contribution in [2.45, 2.75) is 58.3 Å². The summed E-state index contributed by atoms with van der Waals surface area (Å²) in [7, 11) is 1.62. The third kappa shape index (κ3) is 6.55. The smallest absolute Gasteiger partial charge is 0.250 e. The van der Waals surface area contributed by atoms with Crippen molar-refractivity contribution in [3.8, 4) is 11.5 Å². The topological polar surface area (TPSA) is 73.3 Å². The molecule has 0 spiro atoms. The predicted octanol–water partition coefficient (Wildman–Crippen LogP) is 5.67. The molecule has 30 heavy (non-hydrogen) atoms. The van der Waals surface area contributed by atoms with Crippen molar-refractivity contribution >= 4 is 28.5 Å². The van der Waals surface area contributed by atoms with Gasteiger partial charge in [-0.1, -0.05) is 50.5 Å². The van der Waals surface area contributed by atoms with Crippen molar-refractivity contribution in [3.63, 3.8) is 0 Å². The van der Waals surface area contributed by atoms with E-state index in [0.29, 0.717) is 35.1 Å². The molecule has 1 saturated carbocycles. The van der Waals surface area contributed by atoms with Crippen LogP contribution in [0.4, 0.5) is 5.13 Å². The van der Waals surface area contributed by atoms with Gasteiger partial charge in [-0.15, -0.1) is 10.2 Å². The lowest BCUT2D eigenvalue weighted by molar-refractivity contribution is -0.111. The predicted molar refractivity (Wildman–Crippen MR) is 121 cm³/mol. The van der Waals surface area contributed by atoms with E-state index >= 15 is 0 Å². The van der Waals surface area contributed by atoms with Crippen LogP contribution in [0.3, 0.4) is 0 Å². The average Bonchev–Trinajstić information content (AvgIpc) is 3.21. The summed E-state index contributed by atoms with van der Waals surface area (Å²) in [6.45, 7) is 4.98. The highest BCUT2D eigenvalue weighted by atomic mass is 32.1. The second kappa shape index (κ2) is 11.1. The summed E-state index contributed by atoms with van der Waals surface area (Å²) >= 11 is 1.48. The van der Waals surface area contributed by atoms with Gasteiger partial charge in [-0.25, -0.2) is 0 Å². The Bertz CT molecular complexity index is 857. The van der Waals surface area contributed by atoms with Crippen LogP contribution in [0.15, 0.2) is 24.3 Å². The first-order valence-electron chi connectivity index (χ1n) is 10.7. The van der Waals surface area contributed by atoms with Gasteiger partial charge in [-0.3, -0.25) is 10.1 Å². The average molecular weight is 430 g/mol. The largest absolute Gasteiger partial charge is 0.493 e. The molecule has 1 N–H and O–H groups in total. The van der Waals surface area contributed by atoms with Crippen LogP contribution < -0.4 is 14.8 Å². The summed E-state index contributed by atoms with van der Waals surface area (Å²) in [5, 5.41) is 12.8. The van der Waals surface area contributed by atoms with E-state index in [1.807, 2.05) is 18.2 Å². The standard InChI is InChI=1S/C23H31N3O3S/c1-16(2)13-14-29-19-11-9-17(15-20(19)28-3)10-12-21(27)24-23-26-25-22(30-23)18-7-5-4-6-8-18/h9-12,15-16,18H,4-8,13-14H2,1-3H3,(H,24,26,27)/b12-10+. The molecule has 1 fully saturated rings. The molecule has 7 heteroatoms. The van der Waals surface area contributed by atoms with Gasteiger partial charge >= 0.3 is 0 Å². The Hall–Kier alpha value is -2.41. The Labute approximate surface area is 182 Å². The Morgan fingerprint density at radius 1 is 1.23 bits per heavy atom. The quantitative estimate of drug-likeness (QED) is 0.520. The van der Waals surface area contributed by atoms with Gasteiger partial charge in [-0.2, -0.15) is 0 Å². The highest BCUT2D eigenvalue weighted by Crippen LogP contribution is 2.35. The number of hydrogen-bond acceptors (Lipinski definition) is 6. The molecule has 0 unspecified atom stereocenters. The number of carbonyl (C=O) groups is 1. The Morgan fingerprint density at radius 2 is 2.03 bits per heavy atom. The Balaban J connectivity index is 1.55. The van der Waals surface area contributed by atoms with E-state index in [-0.39, 0.29) is 5.91 Å². The number of rotatable bonds is 9. The summed E-state index contributed by atoms with van der Waals surface area (Å²) in [6, 6.07) is 5.64. The molecule has 1 aliphatic carbocycles. The fourth-order valence-corrected chi connectivity index (χ4v) is 4.35. The number of anilines is 1. The van der Waals surface area contributed by atoms with Gasteiger partial charge < -0.3 is 9.47 Å². The number of aromatic nitrogens is 2.